The minimum atomic E-state index is -4.04. The molecule has 29 heavy (non-hydrogen) atoms. The summed E-state index contributed by atoms with van der Waals surface area (Å²) in [5.74, 6) is -1.47. The largest absolute Gasteiger partial charge is 0.354 e. The van der Waals surface area contributed by atoms with E-state index in [-0.39, 0.29) is 27.1 Å². The second-order valence-corrected chi connectivity index (χ2v) is 8.33. The Morgan fingerprint density at radius 3 is 2.41 bits per heavy atom. The van der Waals surface area contributed by atoms with Crippen molar-refractivity contribution in [3.63, 3.8) is 0 Å². The van der Waals surface area contributed by atoms with Gasteiger partial charge in [-0.05, 0) is 55.8 Å². The topological polar surface area (TPSA) is 104 Å². The van der Waals surface area contributed by atoms with Crippen molar-refractivity contribution < 1.29 is 22.4 Å². The molecule has 2 amide bonds. The number of hydrogen-bond donors (Lipinski definition) is 3. The molecule has 0 aliphatic carbocycles. The van der Waals surface area contributed by atoms with Crippen LogP contribution in [0.5, 0.6) is 0 Å². The Morgan fingerprint density at radius 1 is 1.14 bits per heavy atom. The molecule has 2 rings (SSSR count). The molecule has 0 saturated carbocycles. The van der Waals surface area contributed by atoms with Crippen LogP contribution in [0.4, 0.5) is 10.1 Å². The molecule has 0 aliphatic heterocycles. The van der Waals surface area contributed by atoms with E-state index in [2.05, 4.69) is 15.4 Å². The maximum absolute atomic E-state index is 13.0. The summed E-state index contributed by atoms with van der Waals surface area (Å²) < 4.78 is 40.2. The van der Waals surface area contributed by atoms with Gasteiger partial charge in [0, 0.05) is 12.1 Å². The molecule has 3 N–H and O–H groups in total. The SMILES string of the molecule is CCCNC(=O)[C@@H](C)NC(=O)c1ccc(Cl)c(NS(=O)(=O)c2ccc(F)cc2)c1. The number of nitrogens with one attached hydrogen (secondary N) is 3. The van der Waals surface area contributed by atoms with E-state index in [9.17, 15) is 22.4 Å². The Kier molecular flexibility index (Phi) is 7.58. The van der Waals surface area contributed by atoms with Gasteiger partial charge in [-0.3, -0.25) is 14.3 Å². The van der Waals surface area contributed by atoms with E-state index in [0.717, 1.165) is 30.7 Å². The fourth-order valence-electron chi connectivity index (χ4n) is 2.31. The predicted octanol–water partition coefficient (Wildman–Crippen LogP) is 2.92. The van der Waals surface area contributed by atoms with Gasteiger partial charge in [0.2, 0.25) is 5.91 Å². The minimum absolute atomic E-state index is 0.0215. The van der Waals surface area contributed by atoms with E-state index < -0.39 is 27.8 Å². The zero-order valence-corrected chi connectivity index (χ0v) is 17.4. The zero-order valence-electron chi connectivity index (χ0n) is 15.8. The molecule has 10 heteroatoms. The Hall–Kier alpha value is -2.65. The van der Waals surface area contributed by atoms with Gasteiger partial charge in [0.05, 0.1) is 15.6 Å². The van der Waals surface area contributed by atoms with Gasteiger partial charge in [0.25, 0.3) is 15.9 Å². The fourth-order valence-corrected chi connectivity index (χ4v) is 3.60. The monoisotopic (exact) mass is 441 g/mol. The molecule has 0 aromatic heterocycles. The van der Waals surface area contributed by atoms with Gasteiger partial charge in [0.1, 0.15) is 11.9 Å². The first-order valence-electron chi connectivity index (χ1n) is 8.80. The van der Waals surface area contributed by atoms with Crippen molar-refractivity contribution >= 4 is 39.1 Å². The molecule has 7 nitrogen and oxygen atoms in total. The van der Waals surface area contributed by atoms with Gasteiger partial charge in [-0.1, -0.05) is 18.5 Å². The molecule has 0 heterocycles. The first-order chi connectivity index (χ1) is 13.6. The van der Waals surface area contributed by atoms with Crippen LogP contribution in [0.15, 0.2) is 47.4 Å². The van der Waals surface area contributed by atoms with Crippen LogP contribution >= 0.6 is 11.6 Å². The molecule has 156 valence electrons. The quantitative estimate of drug-likeness (QED) is 0.585. The van der Waals surface area contributed by atoms with E-state index in [1.54, 1.807) is 0 Å². The molecular weight excluding hydrogens is 421 g/mol. The zero-order chi connectivity index (χ0) is 21.6. The highest BCUT2D eigenvalue weighted by Gasteiger charge is 2.19. The lowest BCUT2D eigenvalue weighted by molar-refractivity contribution is -0.122. The van der Waals surface area contributed by atoms with Crippen molar-refractivity contribution in [1.82, 2.24) is 10.6 Å². The Balaban J connectivity index is 2.17. The number of hydrogen-bond acceptors (Lipinski definition) is 4. The molecule has 1 atom stereocenters. The van der Waals surface area contributed by atoms with Gasteiger partial charge >= 0.3 is 0 Å². The number of amides is 2. The summed E-state index contributed by atoms with van der Waals surface area (Å²) in [6.07, 6.45) is 0.765. The first kappa shape index (κ1) is 22.6. The van der Waals surface area contributed by atoms with E-state index in [0.29, 0.717) is 6.54 Å². The highest BCUT2D eigenvalue weighted by molar-refractivity contribution is 7.92. The van der Waals surface area contributed by atoms with Crippen LogP contribution in [-0.4, -0.2) is 32.8 Å². The van der Waals surface area contributed by atoms with Crippen molar-refractivity contribution in [3.05, 3.63) is 58.9 Å². The molecule has 0 saturated heterocycles. The number of anilines is 1. The van der Waals surface area contributed by atoms with Gasteiger partial charge in [-0.25, -0.2) is 12.8 Å². The number of sulfonamides is 1. The highest BCUT2D eigenvalue weighted by Crippen LogP contribution is 2.26. The normalized spacial score (nSPS) is 12.1. The molecule has 0 fully saturated rings. The van der Waals surface area contributed by atoms with Gasteiger partial charge < -0.3 is 10.6 Å². The number of carbonyl (C=O) groups excluding carboxylic acids is 2. The van der Waals surface area contributed by atoms with Crippen molar-refractivity contribution in [2.24, 2.45) is 0 Å². The summed E-state index contributed by atoms with van der Waals surface area (Å²) >= 11 is 6.05. The third-order valence-electron chi connectivity index (χ3n) is 3.89. The summed E-state index contributed by atoms with van der Waals surface area (Å²) in [7, 11) is -4.04. The van der Waals surface area contributed by atoms with E-state index in [1.165, 1.54) is 25.1 Å². The molecule has 0 bridgehead atoms. The van der Waals surface area contributed by atoms with Crippen LogP contribution in [0.1, 0.15) is 30.6 Å². The smallest absolute Gasteiger partial charge is 0.261 e. The summed E-state index contributed by atoms with van der Waals surface area (Å²) in [6, 6.07) is 7.51. The number of halogens is 2. The van der Waals surface area contributed by atoms with Crippen molar-refractivity contribution in [1.29, 1.82) is 0 Å². The standard InChI is InChI=1S/C19H21ClFN3O4S/c1-3-10-22-18(25)12(2)23-19(26)13-4-9-16(20)17(11-13)24-29(27,28)15-7-5-14(21)6-8-15/h4-9,11-12,24H,3,10H2,1-2H3,(H,22,25)(H,23,26)/t12-/m1/s1. The van der Waals surface area contributed by atoms with Crippen molar-refractivity contribution in [2.45, 2.75) is 31.2 Å². The number of rotatable bonds is 8. The summed E-state index contributed by atoms with van der Waals surface area (Å²) in [4.78, 5) is 24.1. The van der Waals surface area contributed by atoms with E-state index in [1.807, 2.05) is 6.92 Å². The summed E-state index contributed by atoms with van der Waals surface area (Å²) in [6.45, 7) is 3.94. The fraction of sp³-hybridized carbons (Fsp3) is 0.263. The molecule has 0 unspecified atom stereocenters. The Labute approximate surface area is 173 Å². The third kappa shape index (κ3) is 6.16. The van der Waals surface area contributed by atoms with Crippen molar-refractivity contribution in [2.75, 3.05) is 11.3 Å². The lowest BCUT2D eigenvalue weighted by Crippen LogP contribution is -2.45. The molecule has 0 spiro atoms. The third-order valence-corrected chi connectivity index (χ3v) is 5.60. The lowest BCUT2D eigenvalue weighted by atomic mass is 10.1. The van der Waals surface area contributed by atoms with Crippen LogP contribution < -0.4 is 15.4 Å². The van der Waals surface area contributed by atoms with E-state index in [4.69, 9.17) is 11.6 Å². The second-order valence-electron chi connectivity index (χ2n) is 6.24. The Bertz CT molecular complexity index is 997. The van der Waals surface area contributed by atoms with Crippen molar-refractivity contribution in [3.8, 4) is 0 Å². The summed E-state index contributed by atoms with van der Waals surface area (Å²) in [5.41, 5.74) is 0.0908. The summed E-state index contributed by atoms with van der Waals surface area (Å²) in [5, 5.41) is 5.28. The highest BCUT2D eigenvalue weighted by atomic mass is 35.5. The van der Waals surface area contributed by atoms with Gasteiger partial charge in [-0.15, -0.1) is 0 Å². The minimum Gasteiger partial charge on any atom is -0.354 e. The number of benzene rings is 2. The first-order valence-corrected chi connectivity index (χ1v) is 10.7. The molecular formula is C19H21ClFN3O4S. The van der Waals surface area contributed by atoms with Crippen LogP contribution in [0.25, 0.3) is 0 Å². The Morgan fingerprint density at radius 2 is 1.79 bits per heavy atom. The molecule has 2 aromatic carbocycles. The van der Waals surface area contributed by atoms with Crippen LogP contribution in [0.2, 0.25) is 5.02 Å². The van der Waals surface area contributed by atoms with Gasteiger partial charge in [-0.2, -0.15) is 0 Å². The lowest BCUT2D eigenvalue weighted by Gasteiger charge is -2.15. The van der Waals surface area contributed by atoms with E-state index >= 15 is 0 Å². The predicted molar refractivity (Wildman–Crippen MR) is 109 cm³/mol. The maximum Gasteiger partial charge on any atom is 0.261 e. The van der Waals surface area contributed by atoms with Crippen LogP contribution in [0.3, 0.4) is 0 Å². The molecule has 0 aliphatic rings. The van der Waals surface area contributed by atoms with Gasteiger partial charge in [0.15, 0.2) is 0 Å². The molecule has 0 radical (unpaired) electrons. The maximum atomic E-state index is 13.0. The average Bonchev–Trinajstić information content (AvgIpc) is 2.67. The average molecular weight is 442 g/mol. The molecule has 2 aromatic rings. The second kappa shape index (κ2) is 9.71. The van der Waals surface area contributed by atoms with Crippen LogP contribution in [0, 0.1) is 5.82 Å². The number of carbonyl (C=O) groups is 2. The van der Waals surface area contributed by atoms with Crippen LogP contribution in [-0.2, 0) is 14.8 Å².